The molecule has 1 atom stereocenters. The first kappa shape index (κ1) is 22.4. The predicted octanol–water partition coefficient (Wildman–Crippen LogP) is 3.87. The third-order valence-corrected chi connectivity index (χ3v) is 9.30. The number of carbonyl (C=O) groups is 1. The number of rotatable bonds is 7. The average molecular weight is 493 g/mol. The Morgan fingerprint density at radius 3 is 2.70 bits per heavy atom. The molecule has 1 aliphatic carbocycles. The highest BCUT2D eigenvalue weighted by Gasteiger charge is 2.38. The normalized spacial score (nSPS) is 18.5. The van der Waals surface area contributed by atoms with E-state index >= 15 is 0 Å². The molecule has 1 aromatic carbocycles. The van der Waals surface area contributed by atoms with Gasteiger partial charge in [0, 0.05) is 18.6 Å². The van der Waals surface area contributed by atoms with Crippen molar-refractivity contribution in [3.05, 3.63) is 35.2 Å². The Hall–Kier alpha value is -2.37. The first-order valence-corrected chi connectivity index (χ1v) is 13.4. The van der Waals surface area contributed by atoms with E-state index in [2.05, 4.69) is 15.4 Å². The zero-order chi connectivity index (χ0) is 23.2. The molecule has 5 rings (SSSR count). The van der Waals surface area contributed by atoms with Crippen LogP contribution in [0.5, 0.6) is 0 Å². The SMILES string of the molecule is Cc1cc(S(=O)(=O)C2CC2)c2cnn(C(CC3CCOCC3)C(=O)Nc3ncc(F)s3)c2c1. The van der Waals surface area contributed by atoms with Gasteiger partial charge in [-0.3, -0.25) is 9.48 Å². The number of fused-ring (bicyclic) bond motifs is 1. The van der Waals surface area contributed by atoms with Crippen molar-refractivity contribution in [2.24, 2.45) is 5.92 Å². The number of halogens is 1. The summed E-state index contributed by atoms with van der Waals surface area (Å²) in [4.78, 5) is 17.5. The monoisotopic (exact) mass is 492 g/mol. The van der Waals surface area contributed by atoms with Crippen molar-refractivity contribution >= 4 is 43.1 Å². The standard InChI is InChI=1S/C22H25FN4O4S2/c1-13-8-17-16(19(9-13)33(29,30)15-2-3-15)11-25-27(17)18(10-14-4-6-31-7-5-14)21(28)26-22-24-12-20(23)32-22/h8-9,11-12,14-15,18H,2-7,10H2,1H3,(H,24,26,28). The molecule has 176 valence electrons. The quantitative estimate of drug-likeness (QED) is 0.537. The molecule has 2 fully saturated rings. The molecule has 3 aromatic rings. The molecule has 0 bridgehead atoms. The maximum atomic E-state index is 13.4. The Bertz CT molecular complexity index is 1290. The fourth-order valence-electron chi connectivity index (χ4n) is 4.41. The van der Waals surface area contributed by atoms with Crippen molar-refractivity contribution in [3.63, 3.8) is 0 Å². The van der Waals surface area contributed by atoms with Gasteiger partial charge in [0.15, 0.2) is 20.1 Å². The van der Waals surface area contributed by atoms with Gasteiger partial charge >= 0.3 is 0 Å². The Morgan fingerprint density at radius 2 is 2.03 bits per heavy atom. The number of ether oxygens (including phenoxy) is 1. The van der Waals surface area contributed by atoms with E-state index in [-0.39, 0.29) is 27.1 Å². The van der Waals surface area contributed by atoms with Crippen molar-refractivity contribution < 1.29 is 22.3 Å². The Morgan fingerprint density at radius 1 is 1.27 bits per heavy atom. The van der Waals surface area contributed by atoms with Crippen molar-refractivity contribution in [3.8, 4) is 0 Å². The minimum Gasteiger partial charge on any atom is -0.381 e. The summed E-state index contributed by atoms with van der Waals surface area (Å²) >= 11 is 0.760. The summed E-state index contributed by atoms with van der Waals surface area (Å²) in [5, 5.41) is 7.08. The fourth-order valence-corrected chi connectivity index (χ4v) is 6.88. The van der Waals surface area contributed by atoms with Crippen LogP contribution in [0.2, 0.25) is 0 Å². The van der Waals surface area contributed by atoms with Crippen LogP contribution in [0.4, 0.5) is 9.52 Å². The third kappa shape index (κ3) is 4.53. The van der Waals surface area contributed by atoms with Crippen LogP contribution in [0.1, 0.15) is 43.7 Å². The van der Waals surface area contributed by atoms with Gasteiger partial charge in [0.1, 0.15) is 6.04 Å². The average Bonchev–Trinajstić information content (AvgIpc) is 3.47. The number of thiazole rings is 1. The molecule has 3 heterocycles. The maximum Gasteiger partial charge on any atom is 0.251 e. The molecule has 2 aliphatic rings. The van der Waals surface area contributed by atoms with Crippen LogP contribution in [0, 0.1) is 18.0 Å². The Labute approximate surface area is 195 Å². The second-order valence-electron chi connectivity index (χ2n) is 8.80. The molecule has 1 saturated carbocycles. The highest BCUT2D eigenvalue weighted by atomic mass is 32.2. The number of carbonyl (C=O) groups excluding carboxylic acids is 1. The molecular formula is C22H25FN4O4S2. The number of aryl methyl sites for hydroxylation is 1. The van der Waals surface area contributed by atoms with Gasteiger partial charge in [0.25, 0.3) is 5.91 Å². The lowest BCUT2D eigenvalue weighted by molar-refractivity contribution is -0.120. The number of hydrogen-bond donors (Lipinski definition) is 1. The van der Waals surface area contributed by atoms with Crippen LogP contribution in [-0.2, 0) is 19.4 Å². The maximum absolute atomic E-state index is 13.4. The topological polar surface area (TPSA) is 103 Å². The highest BCUT2D eigenvalue weighted by molar-refractivity contribution is 7.92. The summed E-state index contributed by atoms with van der Waals surface area (Å²) in [6.07, 6.45) is 6.12. The van der Waals surface area contributed by atoms with Gasteiger partial charge in [-0.05, 0) is 62.6 Å². The van der Waals surface area contributed by atoms with Gasteiger partial charge in [-0.2, -0.15) is 9.49 Å². The van der Waals surface area contributed by atoms with Crippen LogP contribution in [0.3, 0.4) is 0 Å². The van der Waals surface area contributed by atoms with Gasteiger partial charge in [-0.25, -0.2) is 13.4 Å². The van der Waals surface area contributed by atoms with Crippen molar-refractivity contribution in [1.82, 2.24) is 14.8 Å². The van der Waals surface area contributed by atoms with Gasteiger partial charge in [0.05, 0.1) is 28.1 Å². The highest BCUT2D eigenvalue weighted by Crippen LogP contribution is 2.38. The molecular weight excluding hydrogens is 467 g/mol. The third-order valence-electron chi connectivity index (χ3n) is 6.30. The summed E-state index contributed by atoms with van der Waals surface area (Å²) in [7, 11) is -3.44. The van der Waals surface area contributed by atoms with E-state index in [9.17, 15) is 17.6 Å². The number of anilines is 1. The molecule has 1 amide bonds. The fraction of sp³-hybridized carbons (Fsp3) is 0.500. The summed E-state index contributed by atoms with van der Waals surface area (Å²) in [5.74, 6) is -0.102. The van der Waals surface area contributed by atoms with Crippen LogP contribution in [0.25, 0.3) is 10.9 Å². The van der Waals surface area contributed by atoms with E-state index in [0.29, 0.717) is 43.4 Å². The van der Waals surface area contributed by atoms with Crippen molar-refractivity contribution in [2.75, 3.05) is 18.5 Å². The molecule has 1 saturated heterocycles. The molecule has 1 unspecified atom stereocenters. The number of nitrogens with one attached hydrogen (secondary N) is 1. The van der Waals surface area contributed by atoms with Crippen LogP contribution in [0.15, 0.2) is 29.4 Å². The number of nitrogens with zero attached hydrogens (tertiary/aromatic N) is 3. The summed E-state index contributed by atoms with van der Waals surface area (Å²) in [6.45, 7) is 3.12. The van der Waals surface area contributed by atoms with Crippen molar-refractivity contribution in [1.29, 1.82) is 0 Å². The molecule has 2 aromatic heterocycles. The predicted molar refractivity (Wildman–Crippen MR) is 123 cm³/mol. The lowest BCUT2D eigenvalue weighted by Crippen LogP contribution is -2.30. The van der Waals surface area contributed by atoms with E-state index in [1.807, 2.05) is 13.0 Å². The number of amides is 1. The lowest BCUT2D eigenvalue weighted by atomic mass is 9.92. The number of benzene rings is 1. The largest absolute Gasteiger partial charge is 0.381 e. The van der Waals surface area contributed by atoms with Crippen LogP contribution in [-0.4, -0.2) is 47.6 Å². The van der Waals surface area contributed by atoms with Gasteiger partial charge in [-0.15, -0.1) is 0 Å². The lowest BCUT2D eigenvalue weighted by Gasteiger charge is -2.26. The van der Waals surface area contributed by atoms with E-state index in [0.717, 1.165) is 35.9 Å². The van der Waals surface area contributed by atoms with E-state index in [1.54, 1.807) is 10.7 Å². The minimum absolute atomic E-state index is 0.180. The summed E-state index contributed by atoms with van der Waals surface area (Å²) < 4.78 is 46.6. The van der Waals surface area contributed by atoms with E-state index < -0.39 is 21.0 Å². The minimum atomic E-state index is -3.44. The van der Waals surface area contributed by atoms with Crippen LogP contribution < -0.4 is 5.32 Å². The van der Waals surface area contributed by atoms with Crippen molar-refractivity contribution in [2.45, 2.75) is 55.2 Å². The molecule has 1 aliphatic heterocycles. The summed E-state index contributed by atoms with van der Waals surface area (Å²) in [5.41, 5.74) is 1.39. The first-order chi connectivity index (χ1) is 15.8. The molecule has 0 radical (unpaired) electrons. The zero-order valence-electron chi connectivity index (χ0n) is 18.2. The van der Waals surface area contributed by atoms with E-state index in [4.69, 9.17) is 4.74 Å². The second-order valence-corrected chi connectivity index (χ2v) is 12.0. The van der Waals surface area contributed by atoms with Gasteiger partial charge in [0.2, 0.25) is 0 Å². The number of hydrogen-bond acceptors (Lipinski definition) is 7. The molecule has 11 heteroatoms. The van der Waals surface area contributed by atoms with E-state index in [1.165, 1.54) is 6.20 Å². The molecule has 0 spiro atoms. The van der Waals surface area contributed by atoms with Gasteiger partial charge in [-0.1, -0.05) is 11.3 Å². The first-order valence-electron chi connectivity index (χ1n) is 11.0. The smallest absolute Gasteiger partial charge is 0.251 e. The van der Waals surface area contributed by atoms with Crippen LogP contribution >= 0.6 is 11.3 Å². The van der Waals surface area contributed by atoms with Gasteiger partial charge < -0.3 is 10.1 Å². The molecule has 33 heavy (non-hydrogen) atoms. The Kier molecular flexibility index (Phi) is 5.96. The molecule has 1 N–H and O–H groups in total. The zero-order valence-corrected chi connectivity index (χ0v) is 19.8. The number of sulfone groups is 1. The number of aromatic nitrogens is 3. The molecule has 8 nitrogen and oxygen atoms in total. The summed E-state index contributed by atoms with van der Waals surface area (Å²) in [6, 6.07) is 2.85. The Balaban J connectivity index is 1.55. The second kappa shape index (κ2) is 8.77.